The average molecular weight is 430 g/mol. The molecule has 1 aliphatic heterocycles. The molecule has 3 saturated carbocycles. The maximum atomic E-state index is 12.8. The molecule has 3 unspecified atom stereocenters. The Hall–Kier alpha value is -1.22. The van der Waals surface area contributed by atoms with Crippen LogP contribution in [0.15, 0.2) is 24.3 Å². The molecule has 4 fully saturated rings. The van der Waals surface area contributed by atoms with Crippen LogP contribution in [0.25, 0.3) is 0 Å². The van der Waals surface area contributed by atoms with Gasteiger partial charge in [-0.25, -0.2) is 0 Å². The van der Waals surface area contributed by atoms with E-state index in [1.807, 2.05) is 36.2 Å². The van der Waals surface area contributed by atoms with Crippen molar-refractivity contribution in [2.75, 3.05) is 7.05 Å². The predicted molar refractivity (Wildman–Crippen MR) is 121 cm³/mol. The molecule has 5 rings (SSSR count). The van der Waals surface area contributed by atoms with Crippen LogP contribution in [0.1, 0.15) is 65.7 Å². The van der Waals surface area contributed by atoms with Crippen LogP contribution in [-0.4, -0.2) is 30.0 Å². The van der Waals surface area contributed by atoms with E-state index in [9.17, 15) is 4.79 Å². The van der Waals surface area contributed by atoms with Crippen molar-refractivity contribution >= 4 is 17.5 Å². The minimum atomic E-state index is -0.0200. The van der Waals surface area contributed by atoms with Crippen molar-refractivity contribution in [3.8, 4) is 5.75 Å². The molecular weight excluding hydrogens is 394 g/mol. The number of likely N-dealkylation sites (N-methyl/N-ethyl adjacent to an activating group) is 1. The minimum absolute atomic E-state index is 0.0200. The van der Waals surface area contributed by atoms with Crippen LogP contribution in [0, 0.1) is 34.5 Å². The number of halogens is 1. The number of piperidine rings is 1. The molecule has 3 nitrogen and oxygen atoms in total. The Kier molecular flexibility index (Phi) is 4.93. The highest BCUT2D eigenvalue weighted by atomic mass is 35.5. The molecule has 30 heavy (non-hydrogen) atoms. The van der Waals surface area contributed by atoms with Crippen molar-refractivity contribution in [2.45, 2.75) is 77.9 Å². The second-order valence-electron chi connectivity index (χ2n) is 11.2. The number of carbonyl (C=O) groups excluding carboxylic acids is 1. The van der Waals surface area contributed by atoms with Crippen molar-refractivity contribution < 1.29 is 9.53 Å². The maximum Gasteiger partial charge on any atom is 0.222 e. The number of likely N-dealkylation sites (tertiary alicyclic amines) is 1. The molecule has 1 aromatic carbocycles. The third-order valence-corrected chi connectivity index (χ3v) is 10.2. The molecule has 0 N–H and O–H groups in total. The minimum Gasteiger partial charge on any atom is -0.486 e. The molecule has 0 bridgehead atoms. The Labute approximate surface area is 186 Å². The van der Waals surface area contributed by atoms with E-state index >= 15 is 0 Å². The Bertz CT molecular complexity index is 842. The summed E-state index contributed by atoms with van der Waals surface area (Å²) in [6.07, 6.45) is 8.39. The second-order valence-corrected chi connectivity index (χ2v) is 11.6. The van der Waals surface area contributed by atoms with Gasteiger partial charge in [0.15, 0.2) is 0 Å². The molecule has 0 aromatic heterocycles. The number of rotatable bonds is 2. The largest absolute Gasteiger partial charge is 0.486 e. The number of fused-ring (bicyclic) bond motifs is 5. The molecule has 8 atom stereocenters. The van der Waals surface area contributed by atoms with E-state index in [0.717, 1.165) is 18.1 Å². The first kappa shape index (κ1) is 20.7. The van der Waals surface area contributed by atoms with Gasteiger partial charge in [-0.05, 0) is 78.7 Å². The normalized spacial score (nSPS) is 45.5. The Morgan fingerprint density at radius 1 is 1.10 bits per heavy atom. The van der Waals surface area contributed by atoms with E-state index in [-0.39, 0.29) is 23.5 Å². The van der Waals surface area contributed by atoms with Gasteiger partial charge in [0.25, 0.3) is 0 Å². The van der Waals surface area contributed by atoms with Crippen molar-refractivity contribution in [3.63, 3.8) is 0 Å². The molecule has 0 radical (unpaired) electrons. The highest BCUT2D eigenvalue weighted by Crippen LogP contribution is 2.66. The molecule has 1 aromatic rings. The van der Waals surface area contributed by atoms with E-state index in [1.165, 1.54) is 32.1 Å². The van der Waals surface area contributed by atoms with Crippen LogP contribution in [0.2, 0.25) is 5.02 Å². The highest BCUT2D eigenvalue weighted by molar-refractivity contribution is 6.32. The van der Waals surface area contributed by atoms with E-state index < -0.39 is 0 Å². The molecule has 0 spiro atoms. The zero-order valence-corrected chi connectivity index (χ0v) is 19.6. The summed E-state index contributed by atoms with van der Waals surface area (Å²) in [5.41, 5.74) is 0.597. The van der Waals surface area contributed by atoms with Crippen molar-refractivity contribution in [1.29, 1.82) is 0 Å². The van der Waals surface area contributed by atoms with Gasteiger partial charge in [0.1, 0.15) is 11.9 Å². The van der Waals surface area contributed by atoms with E-state index in [4.69, 9.17) is 16.3 Å². The highest BCUT2D eigenvalue weighted by Gasteiger charge is 2.64. The fourth-order valence-corrected chi connectivity index (χ4v) is 8.53. The first-order valence-corrected chi connectivity index (χ1v) is 12.3. The van der Waals surface area contributed by atoms with Gasteiger partial charge in [-0.2, -0.15) is 0 Å². The van der Waals surface area contributed by atoms with Gasteiger partial charge < -0.3 is 9.64 Å². The summed E-state index contributed by atoms with van der Waals surface area (Å²) >= 11 is 6.51. The Morgan fingerprint density at radius 2 is 1.87 bits per heavy atom. The fourth-order valence-electron chi connectivity index (χ4n) is 8.35. The molecule has 4 heteroatoms. The summed E-state index contributed by atoms with van der Waals surface area (Å²) in [5, 5.41) is 0.660. The van der Waals surface area contributed by atoms with Crippen LogP contribution >= 0.6 is 11.6 Å². The van der Waals surface area contributed by atoms with E-state index in [1.54, 1.807) is 0 Å². The standard InChI is InChI=1S/C26H36ClNO2/c1-16-22-17-8-7-13-25(17,2)14-11-18(22)26(3)15-12-21(29)28(4)24(26)23(16)30-20-10-6-5-9-19(20)27/h5-6,9-10,16-18,22-24H,7-8,11-15H2,1-4H3/t16?,17-,18+,22-,23?,24?,25-,26+/m0/s1. The molecule has 1 heterocycles. The number of hydrogen-bond donors (Lipinski definition) is 0. The van der Waals surface area contributed by atoms with Gasteiger partial charge in [0.05, 0.1) is 11.1 Å². The van der Waals surface area contributed by atoms with Gasteiger partial charge >= 0.3 is 0 Å². The van der Waals surface area contributed by atoms with Crippen LogP contribution in [0.3, 0.4) is 0 Å². The molecule has 164 valence electrons. The fraction of sp³-hybridized carbons (Fsp3) is 0.731. The molecule has 1 amide bonds. The maximum absolute atomic E-state index is 12.8. The lowest BCUT2D eigenvalue weighted by Gasteiger charge is -2.65. The summed E-state index contributed by atoms with van der Waals surface area (Å²) in [5.74, 6) is 3.55. The van der Waals surface area contributed by atoms with E-state index in [0.29, 0.717) is 34.6 Å². The third kappa shape index (κ3) is 2.87. The Balaban J connectivity index is 1.59. The lowest BCUT2D eigenvalue weighted by Crippen LogP contribution is -2.69. The van der Waals surface area contributed by atoms with Crippen LogP contribution < -0.4 is 4.74 Å². The lowest BCUT2D eigenvalue weighted by atomic mass is 9.44. The number of ether oxygens (including phenoxy) is 1. The predicted octanol–water partition coefficient (Wildman–Crippen LogP) is 6.20. The second kappa shape index (κ2) is 7.15. The first-order valence-electron chi connectivity index (χ1n) is 11.9. The summed E-state index contributed by atoms with van der Waals surface area (Å²) in [6.45, 7) is 7.41. The number of carbonyl (C=O) groups is 1. The van der Waals surface area contributed by atoms with E-state index in [2.05, 4.69) is 20.8 Å². The van der Waals surface area contributed by atoms with Crippen LogP contribution in [0.4, 0.5) is 0 Å². The van der Waals surface area contributed by atoms with Gasteiger partial charge in [0, 0.05) is 13.5 Å². The zero-order chi connectivity index (χ0) is 21.3. The van der Waals surface area contributed by atoms with Gasteiger partial charge in [-0.3, -0.25) is 4.79 Å². The molecule has 1 saturated heterocycles. The Morgan fingerprint density at radius 3 is 2.63 bits per heavy atom. The summed E-state index contributed by atoms with van der Waals surface area (Å²) in [7, 11) is 2.00. The average Bonchev–Trinajstić information content (AvgIpc) is 3.11. The van der Waals surface area contributed by atoms with Crippen molar-refractivity contribution in [3.05, 3.63) is 29.3 Å². The number of amides is 1. The lowest BCUT2D eigenvalue weighted by molar-refractivity contribution is -0.191. The SMILES string of the molecule is CC1C(Oc2ccccc2Cl)C2N(C)C(=O)CC[C@]2(C)[C@@H]2CC[C@]3(C)CCC[C@H]3[C@H]12. The first-order chi connectivity index (χ1) is 14.3. The van der Waals surface area contributed by atoms with Gasteiger partial charge in [-0.15, -0.1) is 0 Å². The van der Waals surface area contributed by atoms with Crippen LogP contribution in [0.5, 0.6) is 5.75 Å². The number of hydrogen-bond acceptors (Lipinski definition) is 2. The summed E-state index contributed by atoms with van der Waals surface area (Å²) in [6, 6.07) is 7.92. The van der Waals surface area contributed by atoms with Gasteiger partial charge in [-0.1, -0.05) is 50.9 Å². The topological polar surface area (TPSA) is 29.5 Å². The monoisotopic (exact) mass is 429 g/mol. The third-order valence-electron chi connectivity index (χ3n) is 9.86. The number of nitrogens with zero attached hydrogens (tertiary/aromatic N) is 1. The molecular formula is C26H36ClNO2. The smallest absolute Gasteiger partial charge is 0.222 e. The zero-order valence-electron chi connectivity index (χ0n) is 18.9. The number of para-hydroxylation sites is 1. The summed E-state index contributed by atoms with van der Waals surface area (Å²) in [4.78, 5) is 14.8. The quantitative estimate of drug-likeness (QED) is 0.560. The molecule has 4 aliphatic rings. The summed E-state index contributed by atoms with van der Waals surface area (Å²) < 4.78 is 6.76. The van der Waals surface area contributed by atoms with Crippen molar-refractivity contribution in [1.82, 2.24) is 4.90 Å². The molecule has 3 aliphatic carbocycles. The van der Waals surface area contributed by atoms with Gasteiger partial charge in [0.2, 0.25) is 5.91 Å². The van der Waals surface area contributed by atoms with Crippen LogP contribution in [-0.2, 0) is 4.79 Å². The van der Waals surface area contributed by atoms with Crippen molar-refractivity contribution in [2.24, 2.45) is 34.5 Å². The number of benzene rings is 1.